The third-order valence-electron chi connectivity index (χ3n) is 4.94. The quantitative estimate of drug-likeness (QED) is 0.794. The molecule has 2 aromatic heterocycles. The SMILES string of the molecule is CC(C)n1nc(CN2CCOCC2)c2c1CN(C(=O)c1ncn(C)n1)C2. The van der Waals surface area contributed by atoms with Crippen LogP contribution in [0.5, 0.6) is 0 Å². The largest absolute Gasteiger partial charge is 0.379 e. The molecule has 0 aliphatic carbocycles. The second-order valence-corrected chi connectivity index (χ2v) is 7.20. The van der Waals surface area contributed by atoms with E-state index in [2.05, 4.69) is 33.5 Å². The highest BCUT2D eigenvalue weighted by molar-refractivity contribution is 5.90. The maximum absolute atomic E-state index is 12.7. The van der Waals surface area contributed by atoms with Crippen molar-refractivity contribution >= 4 is 5.91 Å². The molecule has 9 heteroatoms. The molecular weight excluding hydrogens is 334 g/mol. The summed E-state index contributed by atoms with van der Waals surface area (Å²) in [5.74, 6) is 0.117. The second kappa shape index (κ2) is 6.81. The minimum atomic E-state index is -0.130. The number of morpholine rings is 1. The summed E-state index contributed by atoms with van der Waals surface area (Å²) < 4.78 is 9.05. The number of hydrogen-bond donors (Lipinski definition) is 0. The molecule has 1 fully saturated rings. The summed E-state index contributed by atoms with van der Waals surface area (Å²) in [6.45, 7) is 9.54. The van der Waals surface area contributed by atoms with Gasteiger partial charge in [0.2, 0.25) is 5.82 Å². The van der Waals surface area contributed by atoms with E-state index in [1.807, 2.05) is 4.90 Å². The third kappa shape index (κ3) is 3.12. The Morgan fingerprint density at radius 2 is 2.00 bits per heavy atom. The van der Waals surface area contributed by atoms with Gasteiger partial charge in [-0.1, -0.05) is 0 Å². The minimum absolute atomic E-state index is 0.130. The first-order valence-electron chi connectivity index (χ1n) is 9.07. The molecule has 0 bridgehead atoms. The maximum atomic E-state index is 12.7. The first-order chi connectivity index (χ1) is 12.5. The molecule has 0 N–H and O–H groups in total. The Labute approximate surface area is 152 Å². The molecule has 4 rings (SSSR count). The molecule has 0 radical (unpaired) electrons. The number of amides is 1. The summed E-state index contributed by atoms with van der Waals surface area (Å²) in [7, 11) is 1.76. The molecule has 1 saturated heterocycles. The topological polar surface area (TPSA) is 81.3 Å². The lowest BCUT2D eigenvalue weighted by molar-refractivity contribution is 0.0333. The highest BCUT2D eigenvalue weighted by atomic mass is 16.5. The molecule has 1 amide bonds. The molecule has 0 spiro atoms. The van der Waals surface area contributed by atoms with E-state index in [1.54, 1.807) is 18.1 Å². The molecule has 0 aromatic carbocycles. The molecule has 2 aliphatic rings. The van der Waals surface area contributed by atoms with E-state index in [9.17, 15) is 4.79 Å². The van der Waals surface area contributed by atoms with Gasteiger partial charge in [-0.2, -0.15) is 5.10 Å². The number of aromatic nitrogens is 5. The molecule has 4 heterocycles. The highest BCUT2D eigenvalue weighted by Gasteiger charge is 2.33. The molecule has 2 aromatic rings. The highest BCUT2D eigenvalue weighted by Crippen LogP contribution is 2.29. The van der Waals surface area contributed by atoms with Crippen LogP contribution >= 0.6 is 0 Å². The minimum Gasteiger partial charge on any atom is -0.379 e. The summed E-state index contributed by atoms with van der Waals surface area (Å²) >= 11 is 0. The summed E-state index contributed by atoms with van der Waals surface area (Å²) in [5, 5.41) is 9.00. The van der Waals surface area contributed by atoms with Crippen LogP contribution in [-0.4, -0.2) is 66.6 Å². The van der Waals surface area contributed by atoms with Gasteiger partial charge in [-0.15, -0.1) is 5.10 Å². The van der Waals surface area contributed by atoms with Crippen molar-refractivity contribution in [1.29, 1.82) is 0 Å². The van der Waals surface area contributed by atoms with E-state index in [4.69, 9.17) is 9.84 Å². The number of rotatable bonds is 4. The van der Waals surface area contributed by atoms with Crippen molar-refractivity contribution in [3.8, 4) is 0 Å². The van der Waals surface area contributed by atoms with Crippen molar-refractivity contribution in [2.24, 2.45) is 7.05 Å². The summed E-state index contributed by atoms with van der Waals surface area (Å²) in [5.41, 5.74) is 3.38. The van der Waals surface area contributed by atoms with Crippen LogP contribution in [0.15, 0.2) is 6.33 Å². The summed E-state index contributed by atoms with van der Waals surface area (Å²) in [6, 6.07) is 0.255. The van der Waals surface area contributed by atoms with Crippen LogP contribution in [0.2, 0.25) is 0 Å². The fourth-order valence-corrected chi connectivity index (χ4v) is 3.58. The Kier molecular flexibility index (Phi) is 4.49. The van der Waals surface area contributed by atoms with Gasteiger partial charge in [0.1, 0.15) is 6.33 Å². The maximum Gasteiger partial charge on any atom is 0.294 e. The lowest BCUT2D eigenvalue weighted by Gasteiger charge is -2.26. The van der Waals surface area contributed by atoms with E-state index in [-0.39, 0.29) is 17.8 Å². The van der Waals surface area contributed by atoms with Gasteiger partial charge in [0.25, 0.3) is 5.91 Å². The average Bonchev–Trinajstić information content (AvgIpc) is 3.31. The van der Waals surface area contributed by atoms with Crippen molar-refractivity contribution in [3.05, 3.63) is 29.1 Å². The first kappa shape index (κ1) is 17.2. The van der Waals surface area contributed by atoms with Crippen molar-refractivity contribution in [2.45, 2.75) is 39.5 Å². The Morgan fingerprint density at radius 1 is 1.23 bits per heavy atom. The first-order valence-corrected chi connectivity index (χ1v) is 9.07. The number of fused-ring (bicyclic) bond motifs is 1. The van der Waals surface area contributed by atoms with Crippen molar-refractivity contribution in [3.63, 3.8) is 0 Å². The van der Waals surface area contributed by atoms with E-state index < -0.39 is 0 Å². The van der Waals surface area contributed by atoms with Crippen LogP contribution in [0.4, 0.5) is 0 Å². The molecule has 0 saturated carbocycles. The fraction of sp³-hybridized carbons (Fsp3) is 0.647. The Hall–Kier alpha value is -2.26. The van der Waals surface area contributed by atoms with Crippen LogP contribution in [0.3, 0.4) is 0 Å². The Bertz CT molecular complexity index is 804. The van der Waals surface area contributed by atoms with Gasteiger partial charge in [0.15, 0.2) is 0 Å². The van der Waals surface area contributed by atoms with Crippen molar-refractivity contribution in [1.82, 2.24) is 34.3 Å². The van der Waals surface area contributed by atoms with Gasteiger partial charge in [-0.25, -0.2) is 4.98 Å². The van der Waals surface area contributed by atoms with Gasteiger partial charge in [0, 0.05) is 38.3 Å². The van der Waals surface area contributed by atoms with E-state index >= 15 is 0 Å². The molecule has 26 heavy (non-hydrogen) atoms. The van der Waals surface area contributed by atoms with Crippen LogP contribution in [0.25, 0.3) is 0 Å². The van der Waals surface area contributed by atoms with Gasteiger partial charge in [-0.3, -0.25) is 19.1 Å². The number of aryl methyl sites for hydroxylation is 1. The average molecular weight is 359 g/mol. The van der Waals surface area contributed by atoms with Crippen LogP contribution in [-0.2, 0) is 31.4 Å². The molecule has 140 valence electrons. The van der Waals surface area contributed by atoms with Gasteiger partial charge < -0.3 is 9.64 Å². The zero-order chi connectivity index (χ0) is 18.3. The second-order valence-electron chi connectivity index (χ2n) is 7.20. The van der Waals surface area contributed by atoms with Crippen molar-refractivity contribution < 1.29 is 9.53 Å². The van der Waals surface area contributed by atoms with Crippen LogP contribution < -0.4 is 0 Å². The number of hydrogen-bond acceptors (Lipinski definition) is 6. The smallest absolute Gasteiger partial charge is 0.294 e. The van der Waals surface area contributed by atoms with Gasteiger partial charge in [-0.05, 0) is 13.8 Å². The van der Waals surface area contributed by atoms with Gasteiger partial charge >= 0.3 is 0 Å². The van der Waals surface area contributed by atoms with E-state index in [0.717, 1.165) is 44.2 Å². The summed E-state index contributed by atoms with van der Waals surface area (Å²) in [4.78, 5) is 21.0. The van der Waals surface area contributed by atoms with Crippen LogP contribution in [0, 0.1) is 0 Å². The monoisotopic (exact) mass is 359 g/mol. The van der Waals surface area contributed by atoms with E-state index in [1.165, 1.54) is 5.56 Å². The number of nitrogens with zero attached hydrogens (tertiary/aromatic N) is 7. The number of ether oxygens (including phenoxy) is 1. The van der Waals surface area contributed by atoms with Gasteiger partial charge in [0.05, 0.1) is 37.7 Å². The Morgan fingerprint density at radius 3 is 2.65 bits per heavy atom. The van der Waals surface area contributed by atoms with Crippen LogP contribution in [0.1, 0.15) is 47.5 Å². The molecule has 0 unspecified atom stereocenters. The van der Waals surface area contributed by atoms with Crippen molar-refractivity contribution in [2.75, 3.05) is 26.3 Å². The van der Waals surface area contributed by atoms with E-state index in [0.29, 0.717) is 13.1 Å². The lowest BCUT2D eigenvalue weighted by atomic mass is 10.2. The third-order valence-corrected chi connectivity index (χ3v) is 4.94. The molecule has 9 nitrogen and oxygen atoms in total. The summed E-state index contributed by atoms with van der Waals surface area (Å²) in [6.07, 6.45) is 1.55. The number of carbonyl (C=O) groups excluding carboxylic acids is 1. The number of carbonyl (C=O) groups is 1. The zero-order valence-corrected chi connectivity index (χ0v) is 15.6. The molecular formula is C17H25N7O2. The Balaban J connectivity index is 1.57. The lowest BCUT2D eigenvalue weighted by Crippen LogP contribution is -2.36. The predicted octanol–water partition coefficient (Wildman–Crippen LogP) is 0.581. The normalized spacial score (nSPS) is 17.9. The molecule has 0 atom stereocenters. The zero-order valence-electron chi connectivity index (χ0n) is 15.6. The predicted molar refractivity (Wildman–Crippen MR) is 93.3 cm³/mol. The fourth-order valence-electron chi connectivity index (χ4n) is 3.58. The standard InChI is InChI=1S/C17H25N7O2/c1-12(2)24-15-10-23(17(25)16-18-11-21(3)20-16)8-13(15)14(19-24)9-22-4-6-26-7-5-22/h11-12H,4-10H2,1-3H3. The molecule has 2 aliphatic heterocycles.